The number of nitrogens with one attached hydrogen (secondary N) is 2. The molecule has 1 aliphatic carbocycles. The lowest BCUT2D eigenvalue weighted by Gasteiger charge is -2.11. The molecule has 1 aliphatic rings. The smallest absolute Gasteiger partial charge is 0.238 e. The topological polar surface area (TPSA) is 54.0 Å². The van der Waals surface area contributed by atoms with E-state index in [2.05, 4.69) is 15.6 Å². The molecule has 1 fully saturated rings. The molecule has 0 spiro atoms. The van der Waals surface area contributed by atoms with Crippen LogP contribution in [0.1, 0.15) is 25.7 Å². The van der Waals surface area contributed by atoms with E-state index in [4.69, 9.17) is 0 Å². The van der Waals surface area contributed by atoms with Crippen LogP contribution in [0.4, 0.5) is 5.69 Å². The maximum atomic E-state index is 12.0. The van der Waals surface area contributed by atoms with Gasteiger partial charge in [-0.1, -0.05) is 24.6 Å². The molecule has 2 aromatic rings. The van der Waals surface area contributed by atoms with Gasteiger partial charge in [-0.15, -0.1) is 11.3 Å². The minimum Gasteiger partial charge on any atom is -0.325 e. The van der Waals surface area contributed by atoms with Crippen LogP contribution < -0.4 is 10.6 Å². The Morgan fingerprint density at radius 3 is 3.00 bits per heavy atom. The second-order valence-electron chi connectivity index (χ2n) is 5.28. The summed E-state index contributed by atoms with van der Waals surface area (Å²) in [5.74, 6) is 0.0239. The number of nitrogens with zero attached hydrogens (tertiary/aromatic N) is 1. The van der Waals surface area contributed by atoms with E-state index in [1.807, 2.05) is 24.5 Å². The van der Waals surface area contributed by atoms with Gasteiger partial charge in [0.25, 0.3) is 0 Å². The van der Waals surface area contributed by atoms with E-state index >= 15 is 0 Å². The van der Waals surface area contributed by atoms with E-state index in [1.54, 1.807) is 23.1 Å². The Hall–Kier alpha value is -1.11. The van der Waals surface area contributed by atoms with Gasteiger partial charge >= 0.3 is 0 Å². The first-order valence-corrected chi connectivity index (χ1v) is 9.26. The van der Waals surface area contributed by atoms with E-state index in [1.165, 1.54) is 25.7 Å². The van der Waals surface area contributed by atoms with Crippen LogP contribution >= 0.6 is 23.1 Å². The number of thioether (sulfide) groups is 1. The molecule has 4 nitrogen and oxygen atoms in total. The first kappa shape index (κ1) is 14.8. The minimum absolute atomic E-state index is 0.0239. The fourth-order valence-corrected chi connectivity index (χ4v) is 4.17. The average Bonchev–Trinajstić information content (AvgIpc) is 3.13. The molecule has 2 N–H and O–H groups in total. The minimum atomic E-state index is 0.0239. The zero-order valence-electron chi connectivity index (χ0n) is 12.0. The quantitative estimate of drug-likeness (QED) is 0.828. The third-order valence-electron chi connectivity index (χ3n) is 3.73. The number of carbonyl (C=O) groups is 1. The number of carbonyl (C=O) groups excluding carboxylic acids is 1. The van der Waals surface area contributed by atoms with Gasteiger partial charge in [-0.2, -0.15) is 0 Å². The summed E-state index contributed by atoms with van der Waals surface area (Å²) in [7, 11) is 0. The summed E-state index contributed by atoms with van der Waals surface area (Å²) < 4.78 is 2.16. The van der Waals surface area contributed by atoms with Gasteiger partial charge in [0.05, 0.1) is 16.8 Å². The summed E-state index contributed by atoms with van der Waals surface area (Å²) >= 11 is 3.30. The molecular weight excluding hydrogens is 302 g/mol. The van der Waals surface area contributed by atoms with Crippen LogP contribution in [0.15, 0.2) is 22.5 Å². The van der Waals surface area contributed by atoms with E-state index < -0.39 is 0 Å². The number of rotatable bonds is 5. The first-order valence-electron chi connectivity index (χ1n) is 7.22. The second-order valence-corrected chi connectivity index (χ2v) is 7.36. The van der Waals surface area contributed by atoms with E-state index in [9.17, 15) is 4.79 Å². The number of hydrogen-bond acceptors (Lipinski definition) is 5. The number of fused-ring (bicyclic) bond motifs is 1. The third-order valence-corrected chi connectivity index (χ3v) is 5.74. The van der Waals surface area contributed by atoms with Crippen molar-refractivity contribution in [2.24, 2.45) is 0 Å². The zero-order valence-corrected chi connectivity index (χ0v) is 13.6. The van der Waals surface area contributed by atoms with Crippen molar-refractivity contribution in [2.45, 2.75) is 36.1 Å². The Balaban J connectivity index is 1.59. The molecule has 6 heteroatoms. The number of anilines is 1. The lowest BCUT2D eigenvalue weighted by Crippen LogP contribution is -2.34. The highest BCUT2D eigenvalue weighted by atomic mass is 32.2. The highest BCUT2D eigenvalue weighted by Crippen LogP contribution is 2.29. The van der Waals surface area contributed by atoms with Crippen LogP contribution in [0.2, 0.25) is 0 Å². The Labute approximate surface area is 132 Å². The summed E-state index contributed by atoms with van der Waals surface area (Å²) in [6.07, 6.45) is 6.96. The SMILES string of the molecule is CSc1nc2ccc(NC(=O)CNC3CCCC3)cc2s1. The van der Waals surface area contributed by atoms with Crippen molar-refractivity contribution in [3.8, 4) is 0 Å². The van der Waals surface area contributed by atoms with Gasteiger partial charge in [0, 0.05) is 11.7 Å². The zero-order chi connectivity index (χ0) is 14.7. The molecule has 0 radical (unpaired) electrons. The lowest BCUT2D eigenvalue weighted by atomic mass is 10.2. The van der Waals surface area contributed by atoms with E-state index in [0.29, 0.717) is 12.6 Å². The molecule has 3 rings (SSSR count). The molecule has 0 atom stereocenters. The molecule has 1 amide bonds. The molecule has 1 aromatic carbocycles. The highest BCUT2D eigenvalue weighted by molar-refractivity contribution is 8.00. The third kappa shape index (κ3) is 3.75. The van der Waals surface area contributed by atoms with Crippen LogP contribution in [-0.4, -0.2) is 29.7 Å². The predicted molar refractivity (Wildman–Crippen MR) is 90.3 cm³/mol. The number of benzene rings is 1. The van der Waals surface area contributed by atoms with Crippen LogP contribution in [0, 0.1) is 0 Å². The molecule has 0 bridgehead atoms. The monoisotopic (exact) mass is 321 g/mol. The van der Waals surface area contributed by atoms with Crippen molar-refractivity contribution >= 4 is 44.9 Å². The number of thiazole rings is 1. The first-order chi connectivity index (χ1) is 10.2. The molecule has 0 saturated heterocycles. The molecule has 1 saturated carbocycles. The standard InChI is InChI=1S/C15H19N3OS2/c1-20-15-18-12-7-6-11(8-13(12)21-15)17-14(19)9-16-10-4-2-3-5-10/h6-8,10,16H,2-5,9H2,1H3,(H,17,19). The second kappa shape index (κ2) is 6.77. The van der Waals surface area contributed by atoms with Gasteiger partial charge in [-0.3, -0.25) is 4.79 Å². The summed E-state index contributed by atoms with van der Waals surface area (Å²) in [6.45, 7) is 0.390. The van der Waals surface area contributed by atoms with Crippen molar-refractivity contribution < 1.29 is 4.79 Å². The Morgan fingerprint density at radius 2 is 2.24 bits per heavy atom. The average molecular weight is 321 g/mol. The highest BCUT2D eigenvalue weighted by Gasteiger charge is 2.15. The summed E-state index contributed by atoms with van der Waals surface area (Å²) in [5.41, 5.74) is 1.84. The normalized spacial score (nSPS) is 15.7. The van der Waals surface area contributed by atoms with Crippen molar-refractivity contribution in [2.75, 3.05) is 18.1 Å². The van der Waals surface area contributed by atoms with Gasteiger partial charge in [-0.25, -0.2) is 4.98 Å². The Kier molecular flexibility index (Phi) is 4.77. The maximum Gasteiger partial charge on any atom is 0.238 e. The van der Waals surface area contributed by atoms with Gasteiger partial charge in [0.2, 0.25) is 5.91 Å². The van der Waals surface area contributed by atoms with Gasteiger partial charge in [-0.05, 0) is 37.3 Å². The number of aromatic nitrogens is 1. The number of amides is 1. The van der Waals surface area contributed by atoms with E-state index in [0.717, 1.165) is 20.2 Å². The fraction of sp³-hybridized carbons (Fsp3) is 0.467. The van der Waals surface area contributed by atoms with E-state index in [-0.39, 0.29) is 5.91 Å². The van der Waals surface area contributed by atoms with Gasteiger partial charge in [0.1, 0.15) is 0 Å². The molecular formula is C15H19N3OS2. The van der Waals surface area contributed by atoms with Gasteiger partial charge < -0.3 is 10.6 Å². The molecule has 112 valence electrons. The fourth-order valence-electron chi connectivity index (χ4n) is 2.64. The summed E-state index contributed by atoms with van der Waals surface area (Å²) in [5, 5.41) is 6.28. The predicted octanol–water partition coefficient (Wildman–Crippen LogP) is 3.49. The van der Waals surface area contributed by atoms with Crippen molar-refractivity contribution in [3.05, 3.63) is 18.2 Å². The Morgan fingerprint density at radius 1 is 1.43 bits per heavy atom. The maximum absolute atomic E-state index is 12.0. The molecule has 1 heterocycles. The lowest BCUT2D eigenvalue weighted by molar-refractivity contribution is -0.115. The van der Waals surface area contributed by atoms with Crippen LogP contribution in [-0.2, 0) is 4.79 Å². The molecule has 0 aliphatic heterocycles. The summed E-state index contributed by atoms with van der Waals surface area (Å²) in [4.78, 5) is 16.5. The summed E-state index contributed by atoms with van der Waals surface area (Å²) in [6, 6.07) is 6.40. The molecule has 21 heavy (non-hydrogen) atoms. The largest absolute Gasteiger partial charge is 0.325 e. The van der Waals surface area contributed by atoms with Crippen LogP contribution in [0.5, 0.6) is 0 Å². The Bertz CT molecular complexity index is 635. The molecule has 1 aromatic heterocycles. The molecule has 0 unspecified atom stereocenters. The van der Waals surface area contributed by atoms with Crippen LogP contribution in [0.25, 0.3) is 10.2 Å². The van der Waals surface area contributed by atoms with Crippen LogP contribution in [0.3, 0.4) is 0 Å². The van der Waals surface area contributed by atoms with Crippen molar-refractivity contribution in [1.82, 2.24) is 10.3 Å². The van der Waals surface area contributed by atoms with Gasteiger partial charge in [0.15, 0.2) is 4.34 Å². The van der Waals surface area contributed by atoms with Crippen molar-refractivity contribution in [1.29, 1.82) is 0 Å². The van der Waals surface area contributed by atoms with Crippen molar-refractivity contribution in [3.63, 3.8) is 0 Å². The number of hydrogen-bond donors (Lipinski definition) is 2.